The standard InChI is InChI=1S/C46H37ClN2O5S/c47-40-24-27-44(43(29-40)45(50)48-30-39(46(51)52)28-32-18-20-35(21-19-32)33-10-3-1-4-11-33)49(31-38-16-9-15-37-14-7-8-17-42(37)38)55(53,54)41-25-22-36(23-26-41)34-12-5-2-6-13-34/h1-27,29,39H,28,30-31H2,(H,48,50)(H,51,52). The minimum Gasteiger partial charge on any atom is -0.481 e. The van der Waals surface area contributed by atoms with Crippen molar-refractivity contribution in [2.24, 2.45) is 5.92 Å². The number of sulfonamides is 1. The average Bonchev–Trinajstić information content (AvgIpc) is 3.22. The van der Waals surface area contributed by atoms with E-state index in [-0.39, 0.29) is 40.7 Å². The zero-order valence-corrected chi connectivity index (χ0v) is 31.3. The first-order valence-electron chi connectivity index (χ1n) is 17.8. The average molecular weight is 765 g/mol. The lowest BCUT2D eigenvalue weighted by atomic mass is 9.97. The van der Waals surface area contributed by atoms with E-state index in [9.17, 15) is 23.1 Å². The maximum absolute atomic E-state index is 14.7. The normalized spacial score (nSPS) is 11.9. The molecule has 1 amide bonds. The van der Waals surface area contributed by atoms with Crippen LogP contribution in [0.5, 0.6) is 0 Å². The number of carboxylic acid groups (broad SMARTS) is 1. The Labute approximate surface area is 325 Å². The lowest BCUT2D eigenvalue weighted by Gasteiger charge is -2.27. The number of rotatable bonds is 13. The summed E-state index contributed by atoms with van der Waals surface area (Å²) in [4.78, 5) is 26.5. The number of fused-ring (bicyclic) bond motifs is 1. The SMILES string of the molecule is O=C(NCC(Cc1ccc(-c2ccccc2)cc1)C(=O)O)c1cc(Cl)ccc1N(Cc1cccc2ccccc12)S(=O)(=O)c1ccc(-c2ccccc2)cc1. The zero-order chi connectivity index (χ0) is 38.4. The predicted molar refractivity (Wildman–Crippen MR) is 220 cm³/mol. The largest absolute Gasteiger partial charge is 0.481 e. The summed E-state index contributed by atoms with van der Waals surface area (Å²) in [5.74, 6) is -2.67. The van der Waals surface area contributed by atoms with E-state index in [4.69, 9.17) is 11.6 Å². The number of carbonyl (C=O) groups excluding carboxylic acids is 1. The van der Waals surface area contributed by atoms with E-state index in [0.717, 1.165) is 44.2 Å². The number of aliphatic carboxylic acids is 1. The van der Waals surface area contributed by atoms with Crippen LogP contribution in [0.4, 0.5) is 5.69 Å². The van der Waals surface area contributed by atoms with Crippen LogP contribution in [-0.4, -0.2) is 31.9 Å². The van der Waals surface area contributed by atoms with Gasteiger partial charge in [-0.3, -0.25) is 13.9 Å². The Balaban J connectivity index is 1.20. The highest BCUT2D eigenvalue weighted by molar-refractivity contribution is 7.92. The maximum Gasteiger partial charge on any atom is 0.308 e. The Kier molecular flexibility index (Phi) is 11.1. The number of benzene rings is 7. The van der Waals surface area contributed by atoms with Crippen LogP contribution >= 0.6 is 11.6 Å². The van der Waals surface area contributed by atoms with Gasteiger partial charge in [0.1, 0.15) is 0 Å². The molecular weight excluding hydrogens is 728 g/mol. The van der Waals surface area contributed by atoms with Crippen molar-refractivity contribution in [1.29, 1.82) is 0 Å². The number of hydrogen-bond donors (Lipinski definition) is 2. The maximum atomic E-state index is 14.7. The Morgan fingerprint density at radius 2 is 1.22 bits per heavy atom. The fourth-order valence-electron chi connectivity index (χ4n) is 6.68. The number of amides is 1. The summed E-state index contributed by atoms with van der Waals surface area (Å²) in [5, 5.41) is 14.9. The summed E-state index contributed by atoms with van der Waals surface area (Å²) in [6.07, 6.45) is 0.174. The summed E-state index contributed by atoms with van der Waals surface area (Å²) in [6.45, 7) is -0.291. The van der Waals surface area contributed by atoms with Gasteiger partial charge in [-0.1, -0.05) is 151 Å². The molecule has 274 valence electrons. The molecule has 0 aliphatic heterocycles. The molecule has 7 aromatic rings. The van der Waals surface area contributed by atoms with Crippen LogP contribution in [0.2, 0.25) is 5.02 Å². The monoisotopic (exact) mass is 764 g/mol. The van der Waals surface area contributed by atoms with Crippen molar-refractivity contribution in [2.75, 3.05) is 10.8 Å². The molecule has 55 heavy (non-hydrogen) atoms. The molecule has 2 N–H and O–H groups in total. The van der Waals surface area contributed by atoms with Crippen molar-refractivity contribution in [3.8, 4) is 22.3 Å². The number of nitrogens with zero attached hydrogens (tertiary/aromatic N) is 1. The number of anilines is 1. The highest BCUT2D eigenvalue weighted by Crippen LogP contribution is 2.34. The van der Waals surface area contributed by atoms with Gasteiger partial charge in [0, 0.05) is 11.6 Å². The first kappa shape index (κ1) is 37.1. The number of nitrogens with one attached hydrogen (secondary N) is 1. The van der Waals surface area contributed by atoms with E-state index in [1.165, 1.54) is 22.5 Å². The van der Waals surface area contributed by atoms with Crippen molar-refractivity contribution in [2.45, 2.75) is 17.9 Å². The highest BCUT2D eigenvalue weighted by atomic mass is 35.5. The second-order valence-corrected chi connectivity index (χ2v) is 15.5. The quantitative estimate of drug-likeness (QED) is 0.122. The number of carboxylic acids is 1. The van der Waals surface area contributed by atoms with Crippen LogP contribution < -0.4 is 9.62 Å². The molecular formula is C46H37ClN2O5S. The summed E-state index contributed by atoms with van der Waals surface area (Å²) in [5.41, 5.74) is 5.48. The molecule has 0 aromatic heterocycles. The molecule has 0 spiro atoms. The van der Waals surface area contributed by atoms with Crippen molar-refractivity contribution in [1.82, 2.24) is 5.32 Å². The Bertz CT molecular complexity index is 2560. The molecule has 0 aliphatic rings. The van der Waals surface area contributed by atoms with Crippen LogP contribution in [0.25, 0.3) is 33.0 Å². The van der Waals surface area contributed by atoms with E-state index in [2.05, 4.69) is 5.32 Å². The summed E-state index contributed by atoms with van der Waals surface area (Å²) < 4.78 is 30.7. The summed E-state index contributed by atoms with van der Waals surface area (Å²) in [6, 6.07) is 51.7. The van der Waals surface area contributed by atoms with Crippen LogP contribution in [0.15, 0.2) is 175 Å². The van der Waals surface area contributed by atoms with Crippen molar-refractivity contribution < 1.29 is 23.1 Å². The van der Waals surface area contributed by atoms with Gasteiger partial charge < -0.3 is 10.4 Å². The summed E-state index contributed by atoms with van der Waals surface area (Å²) >= 11 is 6.45. The van der Waals surface area contributed by atoms with Crippen LogP contribution in [0.3, 0.4) is 0 Å². The third-order valence-corrected chi connectivity index (χ3v) is 11.6. The second kappa shape index (κ2) is 16.4. The molecule has 0 saturated carbocycles. The van der Waals surface area contributed by atoms with E-state index >= 15 is 0 Å². The topological polar surface area (TPSA) is 104 Å². The molecule has 0 fully saturated rings. The van der Waals surface area contributed by atoms with Gasteiger partial charge in [0.25, 0.3) is 15.9 Å². The molecule has 0 aliphatic carbocycles. The number of carbonyl (C=O) groups is 2. The Hall–Kier alpha value is -6.22. The van der Waals surface area contributed by atoms with E-state index in [1.807, 2.05) is 127 Å². The Morgan fingerprint density at radius 3 is 1.85 bits per heavy atom. The van der Waals surface area contributed by atoms with E-state index in [0.29, 0.717) is 0 Å². The predicted octanol–water partition coefficient (Wildman–Crippen LogP) is 9.90. The van der Waals surface area contributed by atoms with Gasteiger partial charge in [-0.05, 0) is 80.9 Å². The van der Waals surface area contributed by atoms with Gasteiger partial charge in [-0.15, -0.1) is 0 Å². The zero-order valence-electron chi connectivity index (χ0n) is 29.7. The van der Waals surface area contributed by atoms with Crippen LogP contribution in [-0.2, 0) is 27.8 Å². The minimum atomic E-state index is -4.28. The number of hydrogen-bond acceptors (Lipinski definition) is 4. The van der Waals surface area contributed by atoms with Gasteiger partial charge in [0.05, 0.1) is 28.6 Å². The third-order valence-electron chi connectivity index (χ3n) is 9.62. The Morgan fingerprint density at radius 1 is 0.655 bits per heavy atom. The lowest BCUT2D eigenvalue weighted by molar-refractivity contribution is -0.141. The molecule has 0 radical (unpaired) electrons. The van der Waals surface area contributed by atoms with Crippen molar-refractivity contribution in [3.63, 3.8) is 0 Å². The smallest absolute Gasteiger partial charge is 0.308 e. The van der Waals surface area contributed by atoms with Gasteiger partial charge in [-0.25, -0.2) is 8.42 Å². The molecule has 0 bridgehead atoms. The lowest BCUT2D eigenvalue weighted by Crippen LogP contribution is -2.36. The van der Waals surface area contributed by atoms with E-state index < -0.39 is 27.8 Å². The molecule has 7 rings (SSSR count). The fraction of sp³-hybridized carbons (Fsp3) is 0.0870. The molecule has 9 heteroatoms. The third kappa shape index (κ3) is 8.46. The minimum absolute atomic E-state index is 0.00595. The molecule has 1 atom stereocenters. The first-order chi connectivity index (χ1) is 26.7. The molecule has 7 aromatic carbocycles. The van der Waals surface area contributed by atoms with Crippen molar-refractivity contribution in [3.05, 3.63) is 192 Å². The van der Waals surface area contributed by atoms with Gasteiger partial charge in [0.2, 0.25) is 0 Å². The number of halogens is 1. The second-order valence-electron chi connectivity index (χ2n) is 13.2. The summed E-state index contributed by atoms with van der Waals surface area (Å²) in [7, 11) is -4.28. The molecule has 1 unspecified atom stereocenters. The van der Waals surface area contributed by atoms with Crippen molar-refractivity contribution >= 4 is 50.0 Å². The van der Waals surface area contributed by atoms with Crippen LogP contribution in [0.1, 0.15) is 21.5 Å². The molecule has 7 nitrogen and oxygen atoms in total. The molecule has 0 heterocycles. The fourth-order valence-corrected chi connectivity index (χ4v) is 8.31. The highest BCUT2D eigenvalue weighted by Gasteiger charge is 2.30. The van der Waals surface area contributed by atoms with Gasteiger partial charge in [0.15, 0.2) is 0 Å². The molecule has 0 saturated heterocycles. The van der Waals surface area contributed by atoms with Gasteiger partial charge >= 0.3 is 5.97 Å². The first-order valence-corrected chi connectivity index (χ1v) is 19.6. The van der Waals surface area contributed by atoms with Crippen LogP contribution in [0, 0.1) is 5.92 Å². The van der Waals surface area contributed by atoms with Gasteiger partial charge in [-0.2, -0.15) is 0 Å². The van der Waals surface area contributed by atoms with E-state index in [1.54, 1.807) is 24.3 Å².